The van der Waals surface area contributed by atoms with Gasteiger partial charge in [0.05, 0.1) is 24.8 Å². The number of aromatic nitrogens is 1. The van der Waals surface area contributed by atoms with Gasteiger partial charge in [-0.3, -0.25) is 19.5 Å². The Labute approximate surface area is 116 Å². The molecule has 0 aliphatic carbocycles. The van der Waals surface area contributed by atoms with E-state index in [0.29, 0.717) is 16.8 Å². The standard InChI is InChI=1S/C13H17N3O4/c1-7-12(19)9(8(6-17)4-14-7)5-15-10-3-11(18)16(2)13(10)20/h4,10,15,17,19H,3,5-6H2,1-2H3. The number of nitrogens with one attached hydrogen (secondary N) is 1. The zero-order valence-corrected chi connectivity index (χ0v) is 11.4. The summed E-state index contributed by atoms with van der Waals surface area (Å²) in [6.07, 6.45) is 1.59. The lowest BCUT2D eigenvalue weighted by molar-refractivity contribution is -0.137. The molecule has 1 aromatic heterocycles. The predicted molar refractivity (Wildman–Crippen MR) is 69.6 cm³/mol. The normalized spacial score (nSPS) is 18.9. The van der Waals surface area contributed by atoms with Gasteiger partial charge in [0.25, 0.3) is 0 Å². The summed E-state index contributed by atoms with van der Waals surface area (Å²) in [6.45, 7) is 1.58. The average Bonchev–Trinajstić information content (AvgIpc) is 2.68. The summed E-state index contributed by atoms with van der Waals surface area (Å²) in [4.78, 5) is 28.2. The Balaban J connectivity index is 2.14. The molecule has 1 saturated heterocycles. The van der Waals surface area contributed by atoms with E-state index >= 15 is 0 Å². The van der Waals surface area contributed by atoms with Gasteiger partial charge in [0.1, 0.15) is 5.75 Å². The fourth-order valence-electron chi connectivity index (χ4n) is 2.16. The number of aliphatic hydroxyl groups excluding tert-OH is 1. The van der Waals surface area contributed by atoms with Crippen LogP contribution in [0.1, 0.15) is 23.2 Å². The molecule has 1 aromatic rings. The van der Waals surface area contributed by atoms with Crippen molar-refractivity contribution in [3.63, 3.8) is 0 Å². The first kappa shape index (κ1) is 14.4. The summed E-state index contributed by atoms with van der Waals surface area (Å²) in [5.74, 6) is -0.523. The second-order valence-electron chi connectivity index (χ2n) is 4.78. The van der Waals surface area contributed by atoms with Crippen molar-refractivity contribution in [1.82, 2.24) is 15.2 Å². The molecule has 1 aliphatic rings. The highest BCUT2D eigenvalue weighted by molar-refractivity contribution is 6.05. The summed E-state index contributed by atoms with van der Waals surface area (Å²) < 4.78 is 0. The third-order valence-electron chi connectivity index (χ3n) is 3.51. The number of carbonyl (C=O) groups is 2. The molecular weight excluding hydrogens is 262 g/mol. The minimum atomic E-state index is -0.591. The number of likely N-dealkylation sites (tertiary alicyclic amines) is 1. The summed E-state index contributed by atoms with van der Waals surface area (Å²) in [5, 5.41) is 22.2. The van der Waals surface area contributed by atoms with Crippen molar-refractivity contribution >= 4 is 11.8 Å². The Morgan fingerprint density at radius 3 is 2.75 bits per heavy atom. The molecule has 0 spiro atoms. The fraction of sp³-hybridized carbons (Fsp3) is 0.462. The maximum atomic E-state index is 11.8. The molecular formula is C13H17N3O4. The number of likely N-dealkylation sites (N-methyl/N-ethyl adjacent to an activating group) is 1. The van der Waals surface area contributed by atoms with Crippen LogP contribution < -0.4 is 5.32 Å². The number of aryl methyl sites for hydroxylation is 1. The van der Waals surface area contributed by atoms with Crippen molar-refractivity contribution in [3.05, 3.63) is 23.0 Å². The molecule has 7 heteroatoms. The van der Waals surface area contributed by atoms with Crippen molar-refractivity contribution in [1.29, 1.82) is 0 Å². The van der Waals surface area contributed by atoms with E-state index in [1.54, 1.807) is 6.92 Å². The van der Waals surface area contributed by atoms with E-state index in [1.165, 1.54) is 13.2 Å². The summed E-state index contributed by atoms with van der Waals surface area (Å²) in [7, 11) is 1.44. The minimum Gasteiger partial charge on any atom is -0.506 e. The summed E-state index contributed by atoms with van der Waals surface area (Å²) in [6, 6.07) is -0.591. The van der Waals surface area contributed by atoms with Gasteiger partial charge in [0.15, 0.2) is 0 Å². The van der Waals surface area contributed by atoms with Crippen LogP contribution in [0.5, 0.6) is 5.75 Å². The van der Waals surface area contributed by atoms with Crippen LogP contribution >= 0.6 is 0 Å². The lowest BCUT2D eigenvalue weighted by Crippen LogP contribution is -2.36. The predicted octanol–water partition coefficient (Wildman–Crippen LogP) is -0.565. The number of hydrogen-bond acceptors (Lipinski definition) is 6. The second-order valence-corrected chi connectivity index (χ2v) is 4.78. The smallest absolute Gasteiger partial charge is 0.246 e. The van der Waals surface area contributed by atoms with Gasteiger partial charge in [0, 0.05) is 30.9 Å². The fourth-order valence-corrected chi connectivity index (χ4v) is 2.16. The number of amides is 2. The lowest BCUT2D eigenvalue weighted by atomic mass is 10.1. The van der Waals surface area contributed by atoms with Crippen LogP contribution in [0.4, 0.5) is 0 Å². The highest BCUT2D eigenvalue weighted by Crippen LogP contribution is 2.24. The van der Waals surface area contributed by atoms with Crippen molar-refractivity contribution in [2.24, 2.45) is 0 Å². The molecule has 2 heterocycles. The van der Waals surface area contributed by atoms with Gasteiger partial charge in [-0.25, -0.2) is 0 Å². The molecule has 1 fully saturated rings. The number of aromatic hydroxyl groups is 1. The van der Waals surface area contributed by atoms with E-state index in [9.17, 15) is 19.8 Å². The molecule has 1 aliphatic heterocycles. The van der Waals surface area contributed by atoms with E-state index in [2.05, 4.69) is 10.3 Å². The molecule has 7 nitrogen and oxygen atoms in total. The largest absolute Gasteiger partial charge is 0.506 e. The highest BCUT2D eigenvalue weighted by atomic mass is 16.3. The second kappa shape index (κ2) is 5.56. The minimum absolute atomic E-state index is 0.00539. The van der Waals surface area contributed by atoms with Crippen molar-refractivity contribution < 1.29 is 19.8 Å². The third kappa shape index (κ3) is 2.50. The Hall–Kier alpha value is -1.99. The maximum absolute atomic E-state index is 11.8. The average molecular weight is 279 g/mol. The van der Waals surface area contributed by atoms with E-state index in [0.717, 1.165) is 4.90 Å². The first-order valence-electron chi connectivity index (χ1n) is 6.26. The molecule has 0 aromatic carbocycles. The highest BCUT2D eigenvalue weighted by Gasteiger charge is 2.35. The van der Waals surface area contributed by atoms with Crippen molar-refractivity contribution in [2.45, 2.75) is 32.5 Å². The number of carbonyl (C=O) groups excluding carboxylic acids is 2. The van der Waals surface area contributed by atoms with E-state index in [-0.39, 0.29) is 37.1 Å². The monoisotopic (exact) mass is 279 g/mol. The van der Waals surface area contributed by atoms with Crippen LogP contribution in [0.2, 0.25) is 0 Å². The van der Waals surface area contributed by atoms with E-state index in [1.807, 2.05) is 0 Å². The van der Waals surface area contributed by atoms with Crippen molar-refractivity contribution in [2.75, 3.05) is 7.05 Å². The van der Waals surface area contributed by atoms with Gasteiger partial charge in [0.2, 0.25) is 11.8 Å². The van der Waals surface area contributed by atoms with Crippen LogP contribution in [0, 0.1) is 6.92 Å². The Morgan fingerprint density at radius 2 is 2.20 bits per heavy atom. The van der Waals surface area contributed by atoms with Gasteiger partial charge >= 0.3 is 0 Å². The number of hydrogen-bond donors (Lipinski definition) is 3. The Morgan fingerprint density at radius 1 is 1.50 bits per heavy atom. The number of nitrogens with zero attached hydrogens (tertiary/aromatic N) is 2. The first-order chi connectivity index (χ1) is 9.45. The maximum Gasteiger partial charge on any atom is 0.246 e. The topological polar surface area (TPSA) is 103 Å². The van der Waals surface area contributed by atoms with Crippen molar-refractivity contribution in [3.8, 4) is 5.75 Å². The van der Waals surface area contributed by atoms with Gasteiger partial charge in [-0.2, -0.15) is 0 Å². The Kier molecular flexibility index (Phi) is 4.01. The Bertz CT molecular complexity index is 559. The number of imide groups is 1. The molecule has 0 radical (unpaired) electrons. The zero-order chi connectivity index (χ0) is 14.9. The van der Waals surface area contributed by atoms with E-state index < -0.39 is 6.04 Å². The molecule has 3 N–H and O–H groups in total. The van der Waals surface area contributed by atoms with Gasteiger partial charge < -0.3 is 15.5 Å². The van der Waals surface area contributed by atoms with Gasteiger partial charge in [-0.15, -0.1) is 0 Å². The SMILES string of the molecule is Cc1ncc(CO)c(CNC2CC(=O)N(C)C2=O)c1O. The van der Waals surface area contributed by atoms with Crippen LogP contribution in [0.25, 0.3) is 0 Å². The molecule has 2 rings (SSSR count). The van der Waals surface area contributed by atoms with Crippen LogP contribution in [-0.2, 0) is 22.7 Å². The van der Waals surface area contributed by atoms with Gasteiger partial charge in [-0.1, -0.05) is 0 Å². The van der Waals surface area contributed by atoms with Crippen LogP contribution in [0.15, 0.2) is 6.20 Å². The molecule has 108 valence electrons. The molecule has 1 atom stereocenters. The number of rotatable bonds is 4. The summed E-state index contributed by atoms with van der Waals surface area (Å²) >= 11 is 0. The molecule has 0 saturated carbocycles. The van der Waals surface area contributed by atoms with Crippen LogP contribution in [0.3, 0.4) is 0 Å². The summed E-state index contributed by atoms with van der Waals surface area (Å²) in [5.41, 5.74) is 1.44. The molecule has 2 amide bonds. The quantitative estimate of drug-likeness (QED) is 0.638. The van der Waals surface area contributed by atoms with Gasteiger partial charge in [-0.05, 0) is 6.92 Å². The van der Waals surface area contributed by atoms with Crippen LogP contribution in [-0.4, -0.2) is 45.0 Å². The number of aliphatic hydroxyl groups is 1. The molecule has 1 unspecified atom stereocenters. The zero-order valence-electron chi connectivity index (χ0n) is 11.4. The lowest BCUT2D eigenvalue weighted by Gasteiger charge is -2.15. The molecule has 20 heavy (non-hydrogen) atoms. The first-order valence-corrected chi connectivity index (χ1v) is 6.26. The molecule has 0 bridgehead atoms. The number of pyridine rings is 1. The third-order valence-corrected chi connectivity index (χ3v) is 3.51. The van der Waals surface area contributed by atoms with E-state index in [4.69, 9.17) is 0 Å².